The Kier molecular flexibility index (Phi) is 4.62. The highest BCUT2D eigenvalue weighted by Gasteiger charge is 2.07. The van der Waals surface area contributed by atoms with Crippen molar-refractivity contribution < 1.29 is 4.74 Å². The molecular weight excluding hydrogens is 214 g/mol. The molecule has 1 N–H and O–H groups in total. The number of halogens is 1. The first-order chi connectivity index (χ1) is 7.19. The van der Waals surface area contributed by atoms with Gasteiger partial charge in [-0.05, 0) is 13.3 Å². The molecule has 84 valence electrons. The molecule has 0 aliphatic carbocycles. The number of ether oxygens (including phenoxy) is 1. The third-order valence-corrected chi connectivity index (χ3v) is 2.43. The zero-order valence-electron chi connectivity index (χ0n) is 9.25. The molecule has 0 amide bonds. The van der Waals surface area contributed by atoms with Crippen molar-refractivity contribution in [2.75, 3.05) is 18.3 Å². The number of nitrogens with zero attached hydrogens (tertiary/aromatic N) is 2. The van der Waals surface area contributed by atoms with E-state index in [-0.39, 0.29) is 6.04 Å². The maximum Gasteiger partial charge on any atom is 0.218 e. The minimum absolute atomic E-state index is 0.227. The van der Waals surface area contributed by atoms with Gasteiger partial charge in [0.2, 0.25) is 5.88 Å². The summed E-state index contributed by atoms with van der Waals surface area (Å²) < 4.78 is 5.06. The molecule has 5 heteroatoms. The van der Waals surface area contributed by atoms with Gasteiger partial charge in [0.25, 0.3) is 0 Å². The third kappa shape index (κ3) is 3.55. The molecule has 0 radical (unpaired) electrons. The highest BCUT2D eigenvalue weighted by atomic mass is 35.5. The van der Waals surface area contributed by atoms with E-state index in [0.29, 0.717) is 17.6 Å². The van der Waals surface area contributed by atoms with Crippen molar-refractivity contribution in [3.05, 3.63) is 11.9 Å². The predicted octanol–water partition coefficient (Wildman–Crippen LogP) is 2.22. The molecule has 0 fully saturated rings. The van der Waals surface area contributed by atoms with E-state index in [1.165, 1.54) is 0 Å². The molecule has 0 spiro atoms. The number of anilines is 1. The van der Waals surface area contributed by atoms with Crippen molar-refractivity contribution in [2.45, 2.75) is 26.3 Å². The van der Waals surface area contributed by atoms with Gasteiger partial charge in [-0.1, -0.05) is 6.92 Å². The minimum Gasteiger partial charge on any atom is -0.481 e. The van der Waals surface area contributed by atoms with Crippen LogP contribution in [0.1, 0.15) is 19.2 Å². The Labute approximate surface area is 95.0 Å². The summed E-state index contributed by atoms with van der Waals surface area (Å²) >= 11 is 5.79. The van der Waals surface area contributed by atoms with E-state index in [2.05, 4.69) is 22.2 Å². The molecule has 0 bridgehead atoms. The molecule has 0 aliphatic heterocycles. The van der Waals surface area contributed by atoms with Gasteiger partial charge in [0.05, 0.1) is 7.11 Å². The first-order valence-corrected chi connectivity index (χ1v) is 5.45. The van der Waals surface area contributed by atoms with Crippen LogP contribution in [0.3, 0.4) is 0 Å². The number of methoxy groups -OCH3 is 1. The molecule has 0 saturated heterocycles. The second kappa shape index (κ2) is 5.75. The summed E-state index contributed by atoms with van der Waals surface area (Å²) in [7, 11) is 1.59. The minimum atomic E-state index is 0.227. The van der Waals surface area contributed by atoms with Gasteiger partial charge >= 0.3 is 0 Å². The number of aromatic nitrogens is 2. The van der Waals surface area contributed by atoms with Crippen LogP contribution in [0.5, 0.6) is 5.88 Å². The van der Waals surface area contributed by atoms with Gasteiger partial charge in [0.1, 0.15) is 11.6 Å². The summed E-state index contributed by atoms with van der Waals surface area (Å²) in [6.07, 6.45) is 0.953. The van der Waals surface area contributed by atoms with E-state index in [9.17, 15) is 0 Å². The van der Waals surface area contributed by atoms with Crippen LogP contribution in [0, 0.1) is 6.92 Å². The van der Waals surface area contributed by atoms with Crippen LogP contribution < -0.4 is 10.1 Å². The van der Waals surface area contributed by atoms with Crippen molar-refractivity contribution in [1.29, 1.82) is 0 Å². The average molecular weight is 230 g/mol. The van der Waals surface area contributed by atoms with Gasteiger partial charge in [-0.3, -0.25) is 0 Å². The van der Waals surface area contributed by atoms with Gasteiger partial charge in [0.15, 0.2) is 0 Å². The largest absolute Gasteiger partial charge is 0.481 e. The summed E-state index contributed by atoms with van der Waals surface area (Å²) in [6.45, 7) is 3.90. The number of aryl methyl sites for hydroxylation is 1. The highest BCUT2D eigenvalue weighted by Crippen LogP contribution is 2.14. The van der Waals surface area contributed by atoms with Crippen LogP contribution in [0.2, 0.25) is 0 Å². The summed E-state index contributed by atoms with van der Waals surface area (Å²) in [5, 5.41) is 3.23. The zero-order chi connectivity index (χ0) is 11.3. The molecule has 1 aromatic rings. The fraction of sp³-hybridized carbons (Fsp3) is 0.600. The molecule has 1 atom stereocenters. The number of hydrogen-bond donors (Lipinski definition) is 1. The number of rotatable bonds is 5. The van der Waals surface area contributed by atoms with Gasteiger partial charge in [0, 0.05) is 18.0 Å². The Bertz CT molecular complexity index is 316. The molecule has 0 aliphatic rings. The van der Waals surface area contributed by atoms with Crippen LogP contribution in [0.25, 0.3) is 0 Å². The quantitative estimate of drug-likeness (QED) is 0.787. The normalized spacial score (nSPS) is 12.3. The van der Waals surface area contributed by atoms with Gasteiger partial charge in [-0.25, -0.2) is 4.98 Å². The molecule has 1 aromatic heterocycles. The zero-order valence-corrected chi connectivity index (χ0v) is 10.0. The van der Waals surface area contributed by atoms with E-state index in [4.69, 9.17) is 16.3 Å². The Morgan fingerprint density at radius 1 is 1.53 bits per heavy atom. The predicted molar refractivity (Wildman–Crippen MR) is 61.7 cm³/mol. The molecule has 15 heavy (non-hydrogen) atoms. The second-order valence-electron chi connectivity index (χ2n) is 3.25. The van der Waals surface area contributed by atoms with E-state index >= 15 is 0 Å². The molecule has 1 unspecified atom stereocenters. The van der Waals surface area contributed by atoms with Crippen molar-refractivity contribution in [3.8, 4) is 5.88 Å². The Morgan fingerprint density at radius 2 is 2.27 bits per heavy atom. The standard InChI is InChI=1S/C10H16ClN3O/c1-4-8(6-11)14-9-5-10(15-3)13-7(2)12-9/h5,8H,4,6H2,1-3H3,(H,12,13,14). The van der Waals surface area contributed by atoms with Crippen LogP contribution in [0.4, 0.5) is 5.82 Å². The fourth-order valence-electron chi connectivity index (χ4n) is 1.18. The smallest absolute Gasteiger partial charge is 0.218 e. The van der Waals surface area contributed by atoms with Crippen LogP contribution in [-0.2, 0) is 0 Å². The molecule has 0 aromatic carbocycles. The van der Waals surface area contributed by atoms with Crippen molar-refractivity contribution in [1.82, 2.24) is 9.97 Å². The maximum absolute atomic E-state index is 5.79. The van der Waals surface area contributed by atoms with Crippen LogP contribution >= 0.6 is 11.6 Å². The number of hydrogen-bond acceptors (Lipinski definition) is 4. The second-order valence-corrected chi connectivity index (χ2v) is 3.56. The molecule has 1 rings (SSSR count). The summed E-state index contributed by atoms with van der Waals surface area (Å²) in [5.41, 5.74) is 0. The van der Waals surface area contributed by atoms with Gasteiger partial charge in [-0.2, -0.15) is 4.98 Å². The van der Waals surface area contributed by atoms with E-state index in [0.717, 1.165) is 12.2 Å². The van der Waals surface area contributed by atoms with Crippen molar-refractivity contribution in [3.63, 3.8) is 0 Å². The monoisotopic (exact) mass is 229 g/mol. The van der Waals surface area contributed by atoms with E-state index in [1.807, 2.05) is 6.92 Å². The lowest BCUT2D eigenvalue weighted by molar-refractivity contribution is 0.396. The Balaban J connectivity index is 2.79. The topological polar surface area (TPSA) is 47.0 Å². The number of alkyl halides is 1. The van der Waals surface area contributed by atoms with Gasteiger partial charge in [-0.15, -0.1) is 11.6 Å². The summed E-state index contributed by atoms with van der Waals surface area (Å²) in [6, 6.07) is 1.99. The van der Waals surface area contributed by atoms with Gasteiger partial charge < -0.3 is 10.1 Å². The lowest BCUT2D eigenvalue weighted by atomic mass is 10.2. The van der Waals surface area contributed by atoms with Crippen LogP contribution in [-0.4, -0.2) is 29.0 Å². The third-order valence-electron chi connectivity index (χ3n) is 2.05. The van der Waals surface area contributed by atoms with Crippen molar-refractivity contribution in [2.24, 2.45) is 0 Å². The molecular formula is C10H16ClN3O. The first-order valence-electron chi connectivity index (χ1n) is 4.91. The first kappa shape index (κ1) is 12.0. The molecule has 0 saturated carbocycles. The lowest BCUT2D eigenvalue weighted by Gasteiger charge is -2.14. The highest BCUT2D eigenvalue weighted by molar-refractivity contribution is 6.18. The fourth-order valence-corrected chi connectivity index (χ4v) is 1.47. The Hall–Kier alpha value is -1.03. The van der Waals surface area contributed by atoms with E-state index in [1.54, 1.807) is 13.2 Å². The van der Waals surface area contributed by atoms with Crippen LogP contribution in [0.15, 0.2) is 6.07 Å². The Morgan fingerprint density at radius 3 is 2.80 bits per heavy atom. The summed E-state index contributed by atoms with van der Waals surface area (Å²) in [5.74, 6) is 2.56. The SMILES string of the molecule is CCC(CCl)Nc1cc(OC)nc(C)n1. The lowest BCUT2D eigenvalue weighted by Crippen LogP contribution is -2.21. The molecule has 4 nitrogen and oxygen atoms in total. The molecule has 1 heterocycles. The number of nitrogens with one attached hydrogen (secondary N) is 1. The average Bonchev–Trinajstić information content (AvgIpc) is 2.25. The maximum atomic E-state index is 5.79. The summed E-state index contributed by atoms with van der Waals surface area (Å²) in [4.78, 5) is 8.36. The van der Waals surface area contributed by atoms with E-state index < -0.39 is 0 Å². The van der Waals surface area contributed by atoms with Crippen molar-refractivity contribution >= 4 is 17.4 Å².